The second-order valence-electron chi connectivity index (χ2n) is 5.98. The molecule has 0 saturated carbocycles. The number of nitrogens with one attached hydrogen (secondary N) is 1. The van der Waals surface area contributed by atoms with Crippen molar-refractivity contribution in [1.29, 1.82) is 0 Å². The molecule has 0 bridgehead atoms. The van der Waals surface area contributed by atoms with Crippen LogP contribution in [0, 0.1) is 0 Å². The third-order valence-electron chi connectivity index (χ3n) is 4.08. The largest absolute Gasteiger partial charge is 0.418 e. The van der Waals surface area contributed by atoms with Crippen molar-refractivity contribution in [1.82, 2.24) is 4.90 Å². The zero-order valence-corrected chi connectivity index (χ0v) is 15.4. The molecule has 4 nitrogen and oxygen atoms in total. The number of hydrogen-bond acceptors (Lipinski definition) is 2. The number of alkyl halides is 3. The summed E-state index contributed by atoms with van der Waals surface area (Å²) in [7, 11) is 0. The second kappa shape index (κ2) is 7.96. The topological polar surface area (TPSA) is 41.6 Å². The summed E-state index contributed by atoms with van der Waals surface area (Å²) in [5, 5.41) is 3.21. The highest BCUT2D eigenvalue weighted by Gasteiger charge is 2.34. The van der Waals surface area contributed by atoms with Crippen molar-refractivity contribution in [3.63, 3.8) is 0 Å². The van der Waals surface area contributed by atoms with Crippen molar-refractivity contribution in [2.45, 2.75) is 12.3 Å². The lowest BCUT2D eigenvalue weighted by atomic mass is 10.1. The molecule has 3 rings (SSSR count). The molecule has 1 N–H and O–H groups in total. The lowest BCUT2D eigenvalue weighted by Crippen LogP contribution is -2.44. The van der Waals surface area contributed by atoms with Gasteiger partial charge in [-0.1, -0.05) is 35.3 Å². The van der Waals surface area contributed by atoms with Gasteiger partial charge in [-0.3, -0.25) is 0 Å². The van der Waals surface area contributed by atoms with Gasteiger partial charge in [0.2, 0.25) is 0 Å². The number of para-hydroxylation sites is 1. The SMILES string of the molecule is O=C(Nc1ccccc1C(F)(F)F)N1CCOC(c2cc(Cl)cc(Cl)c2)C1. The van der Waals surface area contributed by atoms with E-state index in [9.17, 15) is 18.0 Å². The van der Waals surface area contributed by atoms with E-state index < -0.39 is 23.9 Å². The lowest BCUT2D eigenvalue weighted by Gasteiger charge is -2.33. The summed E-state index contributed by atoms with van der Waals surface area (Å²) in [6.45, 7) is 0.657. The van der Waals surface area contributed by atoms with Gasteiger partial charge in [0.25, 0.3) is 0 Å². The fourth-order valence-corrected chi connectivity index (χ4v) is 3.37. The first-order chi connectivity index (χ1) is 12.7. The first-order valence-electron chi connectivity index (χ1n) is 8.04. The first kappa shape index (κ1) is 19.8. The Bertz CT molecular complexity index is 825. The summed E-state index contributed by atoms with van der Waals surface area (Å²) in [6, 6.07) is 9.15. The molecule has 0 radical (unpaired) electrons. The maximum Gasteiger partial charge on any atom is 0.418 e. The molecule has 9 heteroatoms. The van der Waals surface area contributed by atoms with Gasteiger partial charge in [0.05, 0.1) is 24.4 Å². The summed E-state index contributed by atoms with van der Waals surface area (Å²) in [5.74, 6) is 0. The molecule has 1 unspecified atom stereocenters. The molecule has 2 amide bonds. The molecule has 1 aliphatic heterocycles. The Morgan fingerprint density at radius 1 is 1.15 bits per heavy atom. The average Bonchev–Trinajstić information content (AvgIpc) is 2.60. The fraction of sp³-hybridized carbons (Fsp3) is 0.278. The average molecular weight is 419 g/mol. The van der Waals surface area contributed by atoms with Crippen LogP contribution >= 0.6 is 23.2 Å². The molecule has 0 aliphatic carbocycles. The maximum absolute atomic E-state index is 13.1. The van der Waals surface area contributed by atoms with Gasteiger partial charge < -0.3 is 15.0 Å². The number of halogens is 5. The number of urea groups is 1. The van der Waals surface area contributed by atoms with Crippen molar-refractivity contribution in [2.75, 3.05) is 25.0 Å². The van der Waals surface area contributed by atoms with E-state index >= 15 is 0 Å². The van der Waals surface area contributed by atoms with E-state index in [1.54, 1.807) is 18.2 Å². The van der Waals surface area contributed by atoms with Crippen LogP contribution in [-0.4, -0.2) is 30.6 Å². The Morgan fingerprint density at radius 2 is 1.81 bits per heavy atom. The van der Waals surface area contributed by atoms with E-state index in [0.29, 0.717) is 15.6 Å². The molecule has 0 spiro atoms. The van der Waals surface area contributed by atoms with Gasteiger partial charge in [0, 0.05) is 16.6 Å². The number of anilines is 1. The summed E-state index contributed by atoms with van der Waals surface area (Å²) in [4.78, 5) is 13.9. The smallest absolute Gasteiger partial charge is 0.370 e. The Morgan fingerprint density at radius 3 is 2.48 bits per heavy atom. The van der Waals surface area contributed by atoms with Crippen molar-refractivity contribution >= 4 is 34.9 Å². The molecule has 1 heterocycles. The molecular weight excluding hydrogens is 404 g/mol. The lowest BCUT2D eigenvalue weighted by molar-refractivity contribution is -0.136. The highest BCUT2D eigenvalue weighted by molar-refractivity contribution is 6.34. The molecule has 2 aromatic carbocycles. The van der Waals surface area contributed by atoms with Gasteiger partial charge in [0.15, 0.2) is 0 Å². The third kappa shape index (κ3) is 4.86. The Kier molecular flexibility index (Phi) is 5.83. The molecule has 2 aromatic rings. The van der Waals surface area contributed by atoms with Gasteiger partial charge in [-0.2, -0.15) is 13.2 Å². The molecule has 1 aliphatic rings. The number of ether oxygens (including phenoxy) is 1. The summed E-state index contributed by atoms with van der Waals surface area (Å²) in [6.07, 6.45) is -5.03. The predicted octanol–water partition coefficient (Wildman–Crippen LogP) is 5.62. The van der Waals surface area contributed by atoms with Gasteiger partial charge in [-0.05, 0) is 35.9 Å². The van der Waals surface area contributed by atoms with Crippen molar-refractivity contribution < 1.29 is 22.7 Å². The Labute approximate surface area is 163 Å². The molecule has 144 valence electrons. The van der Waals surface area contributed by atoms with E-state index in [-0.39, 0.29) is 25.4 Å². The van der Waals surface area contributed by atoms with Crippen molar-refractivity contribution in [3.05, 3.63) is 63.6 Å². The van der Waals surface area contributed by atoms with Gasteiger partial charge in [-0.25, -0.2) is 4.79 Å². The number of carbonyl (C=O) groups excluding carboxylic acids is 1. The normalized spacial score (nSPS) is 17.7. The number of carbonyl (C=O) groups is 1. The van der Waals surface area contributed by atoms with Gasteiger partial charge >= 0.3 is 12.2 Å². The minimum atomic E-state index is -4.56. The zero-order valence-electron chi connectivity index (χ0n) is 13.9. The standard InChI is InChI=1S/C18H15Cl2F3N2O2/c19-12-7-11(8-13(20)9-12)16-10-25(5-6-27-16)17(26)24-15-4-2-1-3-14(15)18(21,22)23/h1-4,7-9,16H,5-6,10H2,(H,24,26). The van der Waals surface area contributed by atoms with Crippen LogP contribution in [0.2, 0.25) is 10.0 Å². The Hall–Kier alpha value is -1.96. The van der Waals surface area contributed by atoms with Crippen LogP contribution in [0.25, 0.3) is 0 Å². The van der Waals surface area contributed by atoms with E-state index in [1.807, 2.05) is 0 Å². The Balaban J connectivity index is 1.74. The maximum atomic E-state index is 13.1. The van der Waals surface area contributed by atoms with Crippen LogP contribution in [0.15, 0.2) is 42.5 Å². The number of rotatable bonds is 2. The molecule has 1 saturated heterocycles. The summed E-state index contributed by atoms with van der Waals surface area (Å²) in [5.41, 5.74) is -0.491. The van der Waals surface area contributed by atoms with Crippen LogP contribution in [0.5, 0.6) is 0 Å². The van der Waals surface area contributed by atoms with Crippen molar-refractivity contribution in [3.8, 4) is 0 Å². The van der Waals surface area contributed by atoms with Crippen LogP contribution in [0.4, 0.5) is 23.7 Å². The number of amides is 2. The van der Waals surface area contributed by atoms with Crippen LogP contribution < -0.4 is 5.32 Å². The second-order valence-corrected chi connectivity index (χ2v) is 6.85. The zero-order chi connectivity index (χ0) is 19.6. The molecule has 1 atom stereocenters. The number of hydrogen-bond donors (Lipinski definition) is 1. The quantitative estimate of drug-likeness (QED) is 0.687. The van der Waals surface area contributed by atoms with Crippen LogP contribution in [0.1, 0.15) is 17.2 Å². The summed E-state index contributed by atoms with van der Waals surface area (Å²) < 4.78 is 44.9. The first-order valence-corrected chi connectivity index (χ1v) is 8.79. The van der Waals surface area contributed by atoms with E-state index in [1.165, 1.54) is 23.1 Å². The number of nitrogens with zero attached hydrogens (tertiary/aromatic N) is 1. The minimum Gasteiger partial charge on any atom is -0.370 e. The fourth-order valence-electron chi connectivity index (χ4n) is 2.83. The molecule has 1 fully saturated rings. The minimum absolute atomic E-state index is 0.163. The monoisotopic (exact) mass is 418 g/mol. The van der Waals surface area contributed by atoms with Gasteiger partial charge in [0.1, 0.15) is 6.10 Å². The highest BCUT2D eigenvalue weighted by atomic mass is 35.5. The highest BCUT2D eigenvalue weighted by Crippen LogP contribution is 2.35. The van der Waals surface area contributed by atoms with E-state index in [0.717, 1.165) is 6.07 Å². The predicted molar refractivity (Wildman–Crippen MR) is 97.2 cm³/mol. The van der Waals surface area contributed by atoms with E-state index in [2.05, 4.69) is 5.32 Å². The van der Waals surface area contributed by atoms with Gasteiger partial charge in [-0.15, -0.1) is 0 Å². The molecule has 27 heavy (non-hydrogen) atoms. The van der Waals surface area contributed by atoms with E-state index in [4.69, 9.17) is 27.9 Å². The van der Waals surface area contributed by atoms with Crippen LogP contribution in [-0.2, 0) is 10.9 Å². The molecule has 0 aromatic heterocycles. The van der Waals surface area contributed by atoms with Crippen LogP contribution in [0.3, 0.4) is 0 Å². The van der Waals surface area contributed by atoms with Crippen molar-refractivity contribution in [2.24, 2.45) is 0 Å². The molecular formula is C18H15Cl2F3N2O2. The number of morpholine rings is 1. The number of benzene rings is 2. The third-order valence-corrected chi connectivity index (χ3v) is 4.52. The summed E-state index contributed by atoms with van der Waals surface area (Å²) >= 11 is 12.0.